The Balaban J connectivity index is 3.02. The summed E-state index contributed by atoms with van der Waals surface area (Å²) >= 11 is 0. The Morgan fingerprint density at radius 3 is 2.80 bits per heavy atom. The second kappa shape index (κ2) is 7.99. The molecular weight excluding hydrogens is 252 g/mol. The molecule has 0 saturated heterocycles. The first-order chi connectivity index (χ1) is 9.60. The maximum atomic E-state index is 12.3. The quantitative estimate of drug-likeness (QED) is 0.847. The number of nitriles is 1. The van der Waals surface area contributed by atoms with Crippen molar-refractivity contribution in [2.45, 2.75) is 19.8 Å². The number of rotatable bonds is 4. The summed E-state index contributed by atoms with van der Waals surface area (Å²) in [5.41, 5.74) is 2.21. The van der Waals surface area contributed by atoms with Gasteiger partial charge in [0.25, 0.3) is 5.91 Å². The van der Waals surface area contributed by atoms with Gasteiger partial charge in [0, 0.05) is 25.6 Å². The predicted octanol–water partition coefficient (Wildman–Crippen LogP) is 1.71. The minimum absolute atomic E-state index is 0.00413. The molecule has 1 aromatic carbocycles. The van der Waals surface area contributed by atoms with Crippen molar-refractivity contribution in [1.82, 2.24) is 4.90 Å². The lowest BCUT2D eigenvalue weighted by molar-refractivity contribution is 0.0798. The first kappa shape index (κ1) is 15.8. The van der Waals surface area contributed by atoms with Gasteiger partial charge in [0.05, 0.1) is 24.7 Å². The van der Waals surface area contributed by atoms with Crippen molar-refractivity contribution in [3.05, 3.63) is 34.9 Å². The van der Waals surface area contributed by atoms with E-state index in [9.17, 15) is 4.79 Å². The van der Waals surface area contributed by atoms with Gasteiger partial charge in [-0.2, -0.15) is 5.26 Å². The van der Waals surface area contributed by atoms with E-state index in [-0.39, 0.29) is 12.5 Å². The molecule has 0 unspecified atom stereocenters. The van der Waals surface area contributed by atoms with E-state index in [4.69, 9.17) is 10.4 Å². The molecule has 0 aliphatic carbocycles. The Hall–Kier alpha value is -2.30. The van der Waals surface area contributed by atoms with Crippen molar-refractivity contribution < 1.29 is 9.90 Å². The normalized spacial score (nSPS) is 9.30. The van der Waals surface area contributed by atoms with Crippen molar-refractivity contribution in [2.24, 2.45) is 0 Å². The van der Waals surface area contributed by atoms with Crippen molar-refractivity contribution in [3.63, 3.8) is 0 Å². The number of aliphatic hydroxyl groups is 1. The number of aryl methyl sites for hydroxylation is 1. The monoisotopic (exact) mass is 270 g/mol. The maximum Gasteiger partial charge on any atom is 0.254 e. The van der Waals surface area contributed by atoms with Crippen molar-refractivity contribution in [3.8, 4) is 17.9 Å². The first-order valence-electron chi connectivity index (χ1n) is 6.43. The van der Waals surface area contributed by atoms with Crippen LogP contribution in [0.25, 0.3) is 0 Å². The summed E-state index contributed by atoms with van der Waals surface area (Å²) in [5, 5.41) is 17.3. The van der Waals surface area contributed by atoms with Crippen LogP contribution in [0.1, 0.15) is 34.3 Å². The Morgan fingerprint density at radius 1 is 1.40 bits per heavy atom. The predicted molar refractivity (Wildman–Crippen MR) is 77.0 cm³/mol. The van der Waals surface area contributed by atoms with Crippen LogP contribution >= 0.6 is 0 Å². The van der Waals surface area contributed by atoms with Crippen LogP contribution in [0.2, 0.25) is 0 Å². The third kappa shape index (κ3) is 4.42. The summed E-state index contributed by atoms with van der Waals surface area (Å²) in [6.07, 6.45) is 0.686. The lowest BCUT2D eigenvalue weighted by Crippen LogP contribution is -2.28. The number of nitrogens with zero attached hydrogens (tertiary/aromatic N) is 2. The fraction of sp³-hybridized carbons (Fsp3) is 0.375. The van der Waals surface area contributed by atoms with E-state index in [0.717, 1.165) is 5.56 Å². The molecule has 1 amide bonds. The van der Waals surface area contributed by atoms with Gasteiger partial charge >= 0.3 is 0 Å². The summed E-state index contributed by atoms with van der Waals surface area (Å²) < 4.78 is 0. The third-order valence-corrected chi connectivity index (χ3v) is 2.77. The Morgan fingerprint density at radius 2 is 2.15 bits per heavy atom. The van der Waals surface area contributed by atoms with E-state index in [2.05, 4.69) is 11.8 Å². The number of hydrogen-bond donors (Lipinski definition) is 1. The van der Waals surface area contributed by atoms with E-state index in [1.54, 1.807) is 13.1 Å². The number of benzene rings is 1. The van der Waals surface area contributed by atoms with Crippen LogP contribution < -0.4 is 0 Å². The Kier molecular flexibility index (Phi) is 6.29. The standard InChI is InChI=1S/C16H18N2O2/c1-13-7-8-15(14(12-13)6-3-4-11-19)16(20)18(2)10-5-9-17/h7-8,12,19H,4-5,10-11H2,1-2H3. The summed E-state index contributed by atoms with van der Waals surface area (Å²) in [4.78, 5) is 13.8. The zero-order chi connectivity index (χ0) is 15.0. The Labute approximate surface area is 119 Å². The van der Waals surface area contributed by atoms with Gasteiger partial charge in [-0.05, 0) is 24.6 Å². The second-order valence-corrected chi connectivity index (χ2v) is 4.46. The van der Waals surface area contributed by atoms with Gasteiger partial charge in [0.1, 0.15) is 0 Å². The molecule has 4 nitrogen and oxygen atoms in total. The topological polar surface area (TPSA) is 64.3 Å². The second-order valence-electron chi connectivity index (χ2n) is 4.46. The summed E-state index contributed by atoms with van der Waals surface area (Å²) in [6, 6.07) is 7.49. The molecule has 4 heteroatoms. The average Bonchev–Trinajstić information content (AvgIpc) is 2.44. The van der Waals surface area contributed by atoms with Crippen LogP contribution in [0.5, 0.6) is 0 Å². The zero-order valence-electron chi connectivity index (χ0n) is 11.8. The fourth-order valence-corrected chi connectivity index (χ4v) is 1.69. The highest BCUT2D eigenvalue weighted by molar-refractivity contribution is 5.96. The number of carbonyl (C=O) groups is 1. The van der Waals surface area contributed by atoms with E-state index >= 15 is 0 Å². The molecule has 0 radical (unpaired) electrons. The first-order valence-corrected chi connectivity index (χ1v) is 6.43. The number of carbonyl (C=O) groups excluding carboxylic acids is 1. The molecule has 0 atom stereocenters. The van der Waals surface area contributed by atoms with Crippen LogP contribution in [-0.2, 0) is 0 Å². The molecule has 0 fully saturated rings. The largest absolute Gasteiger partial charge is 0.395 e. The van der Waals surface area contributed by atoms with Crippen molar-refractivity contribution >= 4 is 5.91 Å². The van der Waals surface area contributed by atoms with E-state index in [1.807, 2.05) is 25.1 Å². The third-order valence-electron chi connectivity index (χ3n) is 2.77. The molecule has 20 heavy (non-hydrogen) atoms. The minimum Gasteiger partial charge on any atom is -0.395 e. The van der Waals surface area contributed by atoms with Gasteiger partial charge in [-0.3, -0.25) is 4.79 Å². The summed E-state index contributed by atoms with van der Waals surface area (Å²) in [5.74, 6) is 5.61. The van der Waals surface area contributed by atoms with Gasteiger partial charge in [0.15, 0.2) is 0 Å². The van der Waals surface area contributed by atoms with Crippen molar-refractivity contribution in [2.75, 3.05) is 20.2 Å². The molecule has 0 spiro atoms. The molecule has 0 aliphatic heterocycles. The highest BCUT2D eigenvalue weighted by Crippen LogP contribution is 2.13. The highest BCUT2D eigenvalue weighted by atomic mass is 16.2. The van der Waals surface area contributed by atoms with Gasteiger partial charge < -0.3 is 10.0 Å². The summed E-state index contributed by atoms with van der Waals surface area (Å²) in [6.45, 7) is 2.34. The number of hydrogen-bond acceptors (Lipinski definition) is 3. The molecule has 1 aromatic rings. The lowest BCUT2D eigenvalue weighted by Gasteiger charge is -2.16. The van der Waals surface area contributed by atoms with Crippen LogP contribution in [0, 0.1) is 30.1 Å². The summed E-state index contributed by atoms with van der Waals surface area (Å²) in [7, 11) is 1.67. The van der Waals surface area contributed by atoms with Crippen LogP contribution in [-0.4, -0.2) is 36.1 Å². The molecule has 104 valence electrons. The van der Waals surface area contributed by atoms with Crippen LogP contribution in [0.4, 0.5) is 0 Å². The number of aliphatic hydroxyl groups excluding tert-OH is 1. The van der Waals surface area contributed by atoms with E-state index < -0.39 is 0 Å². The molecule has 0 aromatic heterocycles. The fourth-order valence-electron chi connectivity index (χ4n) is 1.69. The lowest BCUT2D eigenvalue weighted by atomic mass is 10.0. The van der Waals surface area contributed by atoms with E-state index in [1.165, 1.54) is 4.90 Å². The van der Waals surface area contributed by atoms with Gasteiger partial charge in [-0.1, -0.05) is 17.9 Å². The molecular formula is C16H18N2O2. The van der Waals surface area contributed by atoms with Gasteiger partial charge in [0.2, 0.25) is 0 Å². The highest BCUT2D eigenvalue weighted by Gasteiger charge is 2.14. The molecule has 0 saturated carbocycles. The Bertz CT molecular complexity index is 576. The van der Waals surface area contributed by atoms with E-state index in [0.29, 0.717) is 30.5 Å². The smallest absolute Gasteiger partial charge is 0.254 e. The average molecular weight is 270 g/mol. The molecule has 0 bridgehead atoms. The molecule has 1 rings (SSSR count). The van der Waals surface area contributed by atoms with Gasteiger partial charge in [-0.15, -0.1) is 0 Å². The molecule has 0 heterocycles. The van der Waals surface area contributed by atoms with Crippen molar-refractivity contribution in [1.29, 1.82) is 5.26 Å². The van der Waals surface area contributed by atoms with Crippen LogP contribution in [0.15, 0.2) is 18.2 Å². The van der Waals surface area contributed by atoms with Crippen LogP contribution in [0.3, 0.4) is 0 Å². The molecule has 1 N–H and O–H groups in total. The number of amides is 1. The molecule has 0 aliphatic rings. The maximum absolute atomic E-state index is 12.3. The SMILES string of the molecule is Cc1ccc(C(=O)N(C)CCC#N)c(C#CCCO)c1. The zero-order valence-corrected chi connectivity index (χ0v) is 11.8. The minimum atomic E-state index is -0.145. The van der Waals surface area contributed by atoms with Gasteiger partial charge in [-0.25, -0.2) is 0 Å².